The fourth-order valence-corrected chi connectivity index (χ4v) is 3.17. The van der Waals surface area contributed by atoms with Gasteiger partial charge >= 0.3 is 0 Å². The van der Waals surface area contributed by atoms with Gasteiger partial charge in [-0.25, -0.2) is 0 Å². The van der Waals surface area contributed by atoms with Gasteiger partial charge in [-0.05, 0) is 64.6 Å². The standard InChI is InChI=1S/C21H30N2O/c1-18(2)9-6-12-21(3,24)13-8-16-23-15-5-4-11-20(23)19-10-7-14-22-17-19/h7,9-10,14,17,20,24H,4-6,11-12,15-16H2,1-3H3/t20-,21+/m0/s1. The lowest BCUT2D eigenvalue weighted by molar-refractivity contribution is 0.113. The Morgan fingerprint density at radius 1 is 1.46 bits per heavy atom. The molecule has 1 aromatic rings. The summed E-state index contributed by atoms with van der Waals surface area (Å²) in [6.45, 7) is 7.74. The number of allylic oxidation sites excluding steroid dienone is 2. The fraction of sp³-hybridized carbons (Fsp3) is 0.571. The molecule has 2 rings (SSSR count). The van der Waals surface area contributed by atoms with Crippen molar-refractivity contribution in [1.82, 2.24) is 9.88 Å². The number of aliphatic hydroxyl groups is 1. The highest BCUT2D eigenvalue weighted by atomic mass is 16.3. The number of piperidine rings is 1. The molecule has 1 aliphatic heterocycles. The molecule has 1 aromatic heterocycles. The highest BCUT2D eigenvalue weighted by Crippen LogP contribution is 2.29. The third-order valence-corrected chi connectivity index (χ3v) is 4.51. The van der Waals surface area contributed by atoms with Gasteiger partial charge in [0.05, 0.1) is 6.54 Å². The van der Waals surface area contributed by atoms with Crippen molar-refractivity contribution in [2.24, 2.45) is 0 Å². The number of hydrogen-bond acceptors (Lipinski definition) is 3. The topological polar surface area (TPSA) is 36.4 Å². The van der Waals surface area contributed by atoms with Crippen LogP contribution < -0.4 is 0 Å². The number of likely N-dealkylation sites (tertiary alicyclic amines) is 1. The van der Waals surface area contributed by atoms with Gasteiger partial charge in [0.1, 0.15) is 5.60 Å². The lowest BCUT2D eigenvalue weighted by atomic mass is 9.96. The molecular formula is C21H30N2O. The molecule has 0 spiro atoms. The molecule has 0 saturated carbocycles. The Hall–Kier alpha value is -1.63. The smallest absolute Gasteiger partial charge is 0.123 e. The molecule has 3 heteroatoms. The number of rotatable bonds is 5. The van der Waals surface area contributed by atoms with E-state index in [1.165, 1.54) is 24.0 Å². The zero-order valence-corrected chi connectivity index (χ0v) is 15.3. The van der Waals surface area contributed by atoms with E-state index in [1.807, 2.05) is 25.4 Å². The number of hydrogen-bond donors (Lipinski definition) is 1. The summed E-state index contributed by atoms with van der Waals surface area (Å²) < 4.78 is 0. The first kappa shape index (κ1) is 18.7. The van der Waals surface area contributed by atoms with Gasteiger partial charge in [-0.15, -0.1) is 0 Å². The summed E-state index contributed by atoms with van der Waals surface area (Å²) in [6, 6.07) is 4.55. The van der Waals surface area contributed by atoms with Crippen LogP contribution in [-0.4, -0.2) is 33.7 Å². The van der Waals surface area contributed by atoms with E-state index in [0.29, 0.717) is 19.0 Å². The first-order chi connectivity index (χ1) is 11.5. The van der Waals surface area contributed by atoms with E-state index < -0.39 is 5.60 Å². The van der Waals surface area contributed by atoms with Crippen molar-refractivity contribution in [3.05, 3.63) is 41.7 Å². The summed E-state index contributed by atoms with van der Waals surface area (Å²) in [5, 5.41) is 10.4. The predicted molar refractivity (Wildman–Crippen MR) is 99.5 cm³/mol. The molecule has 0 unspecified atom stereocenters. The molecule has 24 heavy (non-hydrogen) atoms. The van der Waals surface area contributed by atoms with Crippen LogP contribution in [0.3, 0.4) is 0 Å². The highest BCUT2D eigenvalue weighted by Gasteiger charge is 2.23. The Kier molecular flexibility index (Phi) is 7.02. The third-order valence-electron chi connectivity index (χ3n) is 4.51. The minimum absolute atomic E-state index is 0.400. The molecule has 1 fully saturated rings. The van der Waals surface area contributed by atoms with Crippen LogP contribution in [0.4, 0.5) is 0 Å². The van der Waals surface area contributed by atoms with Crippen molar-refractivity contribution in [2.75, 3.05) is 13.1 Å². The second kappa shape index (κ2) is 9.01. The molecular weight excluding hydrogens is 296 g/mol. The minimum atomic E-state index is -0.911. The van der Waals surface area contributed by atoms with Gasteiger partial charge in [0, 0.05) is 18.4 Å². The highest BCUT2D eigenvalue weighted by molar-refractivity contribution is 5.18. The minimum Gasteiger partial charge on any atom is -0.378 e. The average molecular weight is 326 g/mol. The van der Waals surface area contributed by atoms with Gasteiger partial charge in [0.2, 0.25) is 0 Å². The maximum Gasteiger partial charge on any atom is 0.123 e. The summed E-state index contributed by atoms with van der Waals surface area (Å²) in [5.41, 5.74) is 1.65. The van der Waals surface area contributed by atoms with Crippen molar-refractivity contribution in [1.29, 1.82) is 0 Å². The number of aromatic nitrogens is 1. The van der Waals surface area contributed by atoms with Crippen LogP contribution in [0.25, 0.3) is 0 Å². The molecule has 0 radical (unpaired) electrons. The molecule has 0 aliphatic carbocycles. The third kappa shape index (κ3) is 6.11. The molecule has 0 amide bonds. The monoisotopic (exact) mass is 326 g/mol. The molecule has 3 nitrogen and oxygen atoms in total. The van der Waals surface area contributed by atoms with Gasteiger partial charge in [0.25, 0.3) is 0 Å². The normalized spacial score (nSPS) is 20.6. The molecule has 1 aliphatic rings. The molecule has 2 atom stereocenters. The van der Waals surface area contributed by atoms with E-state index in [2.05, 4.69) is 47.7 Å². The van der Waals surface area contributed by atoms with Gasteiger partial charge in [0.15, 0.2) is 0 Å². The van der Waals surface area contributed by atoms with Crippen LogP contribution in [0.5, 0.6) is 0 Å². The zero-order chi connectivity index (χ0) is 17.4. The molecule has 0 bridgehead atoms. The first-order valence-corrected chi connectivity index (χ1v) is 8.98. The summed E-state index contributed by atoms with van der Waals surface area (Å²) in [4.78, 5) is 6.67. The van der Waals surface area contributed by atoms with Crippen LogP contribution >= 0.6 is 0 Å². The number of pyridine rings is 1. The molecule has 2 heterocycles. The van der Waals surface area contributed by atoms with Crippen LogP contribution in [0.15, 0.2) is 36.2 Å². The molecule has 0 aromatic carbocycles. The Bertz CT molecular complexity index is 591. The van der Waals surface area contributed by atoms with E-state index in [0.717, 1.165) is 19.4 Å². The summed E-state index contributed by atoms with van der Waals surface area (Å²) in [6.07, 6.45) is 11.1. The van der Waals surface area contributed by atoms with E-state index in [1.54, 1.807) is 0 Å². The lowest BCUT2D eigenvalue weighted by Gasteiger charge is -2.34. The van der Waals surface area contributed by atoms with Gasteiger partial charge in [-0.1, -0.05) is 36.0 Å². The van der Waals surface area contributed by atoms with Crippen LogP contribution in [-0.2, 0) is 0 Å². The van der Waals surface area contributed by atoms with Crippen LogP contribution in [0.2, 0.25) is 0 Å². The second-order valence-corrected chi connectivity index (χ2v) is 7.16. The Morgan fingerprint density at radius 3 is 3.00 bits per heavy atom. The van der Waals surface area contributed by atoms with Crippen molar-refractivity contribution >= 4 is 0 Å². The summed E-state index contributed by atoms with van der Waals surface area (Å²) in [5.74, 6) is 6.29. The average Bonchev–Trinajstić information content (AvgIpc) is 2.55. The van der Waals surface area contributed by atoms with Crippen molar-refractivity contribution in [3.63, 3.8) is 0 Å². The maximum absolute atomic E-state index is 10.4. The van der Waals surface area contributed by atoms with E-state index in [4.69, 9.17) is 0 Å². The maximum atomic E-state index is 10.4. The Labute approximate surface area is 146 Å². The van der Waals surface area contributed by atoms with E-state index in [-0.39, 0.29) is 0 Å². The SMILES string of the molecule is CC(C)=CCC[C@@](C)(O)C#CCN1CCCC[C@H]1c1cccnc1. The molecule has 130 valence electrons. The molecule has 1 saturated heterocycles. The first-order valence-electron chi connectivity index (χ1n) is 8.98. The Balaban J connectivity index is 1.95. The lowest BCUT2D eigenvalue weighted by Crippen LogP contribution is -2.34. The van der Waals surface area contributed by atoms with Crippen LogP contribution in [0, 0.1) is 11.8 Å². The van der Waals surface area contributed by atoms with Crippen molar-refractivity contribution < 1.29 is 5.11 Å². The fourth-order valence-electron chi connectivity index (χ4n) is 3.17. The summed E-state index contributed by atoms with van der Waals surface area (Å²) in [7, 11) is 0. The second-order valence-electron chi connectivity index (χ2n) is 7.16. The van der Waals surface area contributed by atoms with Crippen molar-refractivity contribution in [2.45, 2.75) is 64.5 Å². The van der Waals surface area contributed by atoms with Gasteiger partial charge in [-0.2, -0.15) is 0 Å². The Morgan fingerprint density at radius 2 is 2.29 bits per heavy atom. The van der Waals surface area contributed by atoms with Gasteiger partial charge < -0.3 is 5.11 Å². The van der Waals surface area contributed by atoms with Crippen molar-refractivity contribution in [3.8, 4) is 11.8 Å². The molecule has 1 N–H and O–H groups in total. The predicted octanol–water partition coefficient (Wildman–Crippen LogP) is 4.11. The zero-order valence-electron chi connectivity index (χ0n) is 15.3. The van der Waals surface area contributed by atoms with E-state index in [9.17, 15) is 5.11 Å². The van der Waals surface area contributed by atoms with Gasteiger partial charge in [-0.3, -0.25) is 9.88 Å². The van der Waals surface area contributed by atoms with Crippen LogP contribution in [0.1, 0.15) is 64.5 Å². The summed E-state index contributed by atoms with van der Waals surface area (Å²) >= 11 is 0. The van der Waals surface area contributed by atoms with E-state index >= 15 is 0 Å². The largest absolute Gasteiger partial charge is 0.378 e. The quantitative estimate of drug-likeness (QED) is 0.653. The number of nitrogens with zero attached hydrogens (tertiary/aromatic N) is 2.